The molecule has 0 spiro atoms. The van der Waals surface area contributed by atoms with E-state index in [2.05, 4.69) is 20.9 Å². The Morgan fingerprint density at radius 3 is 2.06 bits per heavy atom. The van der Waals surface area contributed by atoms with E-state index in [1.165, 1.54) is 0 Å². The van der Waals surface area contributed by atoms with Gasteiger partial charge in [0.2, 0.25) is 17.7 Å². The highest BCUT2D eigenvalue weighted by molar-refractivity contribution is 5.95. The number of carbonyl (C=O) groups is 4. The number of hydrogen-bond donors (Lipinski definition) is 4. The van der Waals surface area contributed by atoms with Crippen LogP contribution in [0.3, 0.4) is 0 Å². The first-order chi connectivity index (χ1) is 24.9. The van der Waals surface area contributed by atoms with Crippen LogP contribution >= 0.6 is 0 Å². The summed E-state index contributed by atoms with van der Waals surface area (Å²) in [6, 6.07) is 33.4. The normalized spacial score (nSPS) is 18.9. The van der Waals surface area contributed by atoms with Crippen LogP contribution in [0.25, 0.3) is 10.9 Å². The maximum Gasteiger partial charge on any atom is 0.408 e. The van der Waals surface area contributed by atoms with Gasteiger partial charge >= 0.3 is 6.09 Å². The van der Waals surface area contributed by atoms with Gasteiger partial charge in [-0.25, -0.2) is 4.79 Å². The molecule has 0 radical (unpaired) electrons. The van der Waals surface area contributed by atoms with Gasteiger partial charge in [-0.2, -0.15) is 0 Å². The quantitative estimate of drug-likeness (QED) is 0.164. The van der Waals surface area contributed by atoms with Crippen LogP contribution in [0.2, 0.25) is 0 Å². The van der Waals surface area contributed by atoms with Crippen molar-refractivity contribution in [2.45, 2.75) is 63.4 Å². The van der Waals surface area contributed by atoms with Crippen molar-refractivity contribution < 1.29 is 23.9 Å². The van der Waals surface area contributed by atoms with Crippen LogP contribution in [0.4, 0.5) is 4.79 Å². The molecule has 10 heteroatoms. The predicted octanol–water partition coefficient (Wildman–Crippen LogP) is 5.43. The van der Waals surface area contributed by atoms with E-state index in [0.717, 1.165) is 33.2 Å². The van der Waals surface area contributed by atoms with Crippen LogP contribution in [0.15, 0.2) is 121 Å². The number of amides is 4. The fraction of sp³-hybridized carbons (Fsp3) is 0.268. The summed E-state index contributed by atoms with van der Waals surface area (Å²) in [6.07, 6.45) is 2.94. The van der Waals surface area contributed by atoms with Crippen LogP contribution in [0.5, 0.6) is 0 Å². The lowest BCUT2D eigenvalue weighted by Crippen LogP contribution is -2.57. The Kier molecular flexibility index (Phi) is 11.8. The number of hydrogen-bond acceptors (Lipinski definition) is 5. The molecule has 1 aliphatic heterocycles. The van der Waals surface area contributed by atoms with Crippen molar-refractivity contribution in [3.63, 3.8) is 0 Å². The average molecular weight is 686 g/mol. The van der Waals surface area contributed by atoms with E-state index in [9.17, 15) is 19.2 Å². The number of alkyl carbamates (subject to hydrolysis) is 1. The maximum atomic E-state index is 14.4. The van der Waals surface area contributed by atoms with Gasteiger partial charge in [0.1, 0.15) is 24.7 Å². The molecule has 262 valence electrons. The SMILES string of the molecule is O=C(N[C@H]1CCCCN(Cc2ccccc2)C(=O)[C@H](Cc2ccccc2)NC(=O)[C@H](Cc2c[nH]c3ccccc23)NC1=O)OCc1ccccc1. The minimum absolute atomic E-state index is 0.0476. The van der Waals surface area contributed by atoms with Crippen LogP contribution < -0.4 is 16.0 Å². The van der Waals surface area contributed by atoms with E-state index in [1.807, 2.05) is 121 Å². The molecule has 3 atom stereocenters. The molecule has 0 unspecified atom stereocenters. The molecule has 10 nitrogen and oxygen atoms in total. The molecule has 1 aromatic heterocycles. The largest absolute Gasteiger partial charge is 0.445 e. The van der Waals surface area contributed by atoms with Gasteiger partial charge in [-0.3, -0.25) is 14.4 Å². The Balaban J connectivity index is 1.29. The first-order valence-electron chi connectivity index (χ1n) is 17.4. The second-order valence-electron chi connectivity index (χ2n) is 12.9. The molecule has 1 fully saturated rings. The summed E-state index contributed by atoms with van der Waals surface area (Å²) >= 11 is 0. The molecule has 4 aromatic carbocycles. The van der Waals surface area contributed by atoms with Gasteiger partial charge in [-0.05, 0) is 47.6 Å². The zero-order chi connectivity index (χ0) is 35.4. The molecule has 1 saturated heterocycles. The van der Waals surface area contributed by atoms with Gasteiger partial charge in [-0.15, -0.1) is 0 Å². The molecule has 5 aromatic rings. The third kappa shape index (κ3) is 9.63. The van der Waals surface area contributed by atoms with Gasteiger partial charge in [0.05, 0.1) is 0 Å². The number of fused-ring (bicyclic) bond motifs is 1. The van der Waals surface area contributed by atoms with E-state index in [4.69, 9.17) is 4.74 Å². The number of aromatic nitrogens is 1. The first kappa shape index (κ1) is 34.9. The molecule has 4 N–H and O–H groups in total. The lowest BCUT2D eigenvalue weighted by molar-refractivity contribution is -0.137. The van der Waals surface area contributed by atoms with Crippen LogP contribution in [0, 0.1) is 0 Å². The molecule has 2 heterocycles. The lowest BCUT2D eigenvalue weighted by atomic mass is 10.0. The van der Waals surface area contributed by atoms with Crippen molar-refractivity contribution in [2.24, 2.45) is 0 Å². The Labute approximate surface area is 297 Å². The van der Waals surface area contributed by atoms with Crippen molar-refractivity contribution >= 4 is 34.7 Å². The fourth-order valence-corrected chi connectivity index (χ4v) is 6.44. The number of H-pyrrole nitrogens is 1. The molecule has 51 heavy (non-hydrogen) atoms. The third-order valence-electron chi connectivity index (χ3n) is 9.15. The van der Waals surface area contributed by atoms with E-state index in [1.54, 1.807) is 4.90 Å². The zero-order valence-corrected chi connectivity index (χ0v) is 28.4. The van der Waals surface area contributed by atoms with E-state index < -0.39 is 36.0 Å². The van der Waals surface area contributed by atoms with Gasteiger partial charge < -0.3 is 30.6 Å². The Bertz CT molecular complexity index is 1910. The Hall–Kier alpha value is -5.90. The number of carbonyl (C=O) groups excluding carboxylic acids is 4. The maximum absolute atomic E-state index is 14.4. The number of aromatic amines is 1. The summed E-state index contributed by atoms with van der Waals surface area (Å²) in [5, 5.41) is 9.62. The third-order valence-corrected chi connectivity index (χ3v) is 9.15. The lowest BCUT2D eigenvalue weighted by Gasteiger charge is -2.29. The number of rotatable bonds is 9. The summed E-state index contributed by atoms with van der Waals surface area (Å²) in [4.78, 5) is 60.7. The molecular formula is C41H43N5O5. The molecule has 0 aliphatic carbocycles. The monoisotopic (exact) mass is 685 g/mol. The average Bonchev–Trinajstić information content (AvgIpc) is 3.57. The highest BCUT2D eigenvalue weighted by atomic mass is 16.5. The van der Waals surface area contributed by atoms with Gasteiger partial charge in [0.15, 0.2) is 0 Å². The second kappa shape index (κ2) is 17.2. The summed E-state index contributed by atoms with van der Waals surface area (Å²) in [6.45, 7) is 0.816. The molecule has 4 amide bonds. The van der Waals surface area contributed by atoms with E-state index in [0.29, 0.717) is 25.9 Å². The van der Waals surface area contributed by atoms with Crippen LogP contribution in [0.1, 0.15) is 41.5 Å². The predicted molar refractivity (Wildman–Crippen MR) is 195 cm³/mol. The summed E-state index contributed by atoms with van der Waals surface area (Å²) in [5.74, 6) is -1.20. The molecule has 6 rings (SSSR count). The molecule has 1 aliphatic rings. The Morgan fingerprint density at radius 1 is 0.706 bits per heavy atom. The Morgan fingerprint density at radius 2 is 1.33 bits per heavy atom. The fourth-order valence-electron chi connectivity index (χ4n) is 6.44. The topological polar surface area (TPSA) is 133 Å². The zero-order valence-electron chi connectivity index (χ0n) is 28.4. The summed E-state index contributed by atoms with van der Waals surface area (Å²) < 4.78 is 5.46. The highest BCUT2D eigenvalue weighted by Crippen LogP contribution is 2.20. The number of nitrogens with zero attached hydrogens (tertiary/aromatic N) is 1. The van der Waals surface area contributed by atoms with Gasteiger partial charge in [0.25, 0.3) is 0 Å². The molecule has 0 bridgehead atoms. The van der Waals surface area contributed by atoms with E-state index >= 15 is 0 Å². The van der Waals surface area contributed by atoms with Crippen molar-refractivity contribution in [3.8, 4) is 0 Å². The van der Waals surface area contributed by atoms with Gasteiger partial charge in [-0.1, -0.05) is 109 Å². The smallest absolute Gasteiger partial charge is 0.408 e. The minimum Gasteiger partial charge on any atom is -0.445 e. The van der Waals surface area contributed by atoms with Crippen molar-refractivity contribution in [2.75, 3.05) is 6.54 Å². The molecular weight excluding hydrogens is 642 g/mol. The highest BCUT2D eigenvalue weighted by Gasteiger charge is 2.33. The summed E-state index contributed by atoms with van der Waals surface area (Å²) in [7, 11) is 0. The van der Waals surface area contributed by atoms with Crippen LogP contribution in [-0.2, 0) is 45.1 Å². The minimum atomic E-state index is -1.05. The van der Waals surface area contributed by atoms with Crippen molar-refractivity contribution in [1.29, 1.82) is 0 Å². The number of benzene rings is 4. The second-order valence-corrected chi connectivity index (χ2v) is 12.9. The number of para-hydroxylation sites is 1. The van der Waals surface area contributed by atoms with Gasteiger partial charge in [0, 0.05) is 43.0 Å². The van der Waals surface area contributed by atoms with E-state index in [-0.39, 0.29) is 31.8 Å². The van der Waals surface area contributed by atoms with Crippen molar-refractivity contribution in [1.82, 2.24) is 25.8 Å². The van der Waals surface area contributed by atoms with Crippen molar-refractivity contribution in [3.05, 3.63) is 144 Å². The molecule has 0 saturated carbocycles. The number of nitrogens with one attached hydrogen (secondary N) is 4. The summed E-state index contributed by atoms with van der Waals surface area (Å²) in [5.41, 5.74) is 4.41. The standard InChI is InChI=1S/C41H43N5O5/c47-38-35(45-41(50)51-28-31-18-8-3-9-19-31)22-12-13-23-46(27-30-16-6-2-7-17-30)40(49)37(24-29-14-4-1-5-15-29)44-39(48)36(43-38)25-32-26-42-34-21-11-10-20-33(32)34/h1-11,14-21,26,35-37,42H,12-13,22-25,27-28H2,(H,43,47)(H,44,48)(H,45,50)/t35-,36-,37-/m0/s1. The number of ether oxygens (including phenoxy) is 1. The van der Waals surface area contributed by atoms with Crippen LogP contribution in [-0.4, -0.2) is 58.4 Å². The first-order valence-corrected chi connectivity index (χ1v) is 17.4.